The third-order valence-corrected chi connectivity index (χ3v) is 41.9. The summed E-state index contributed by atoms with van der Waals surface area (Å²) in [6, 6.07) is 18.8. The summed E-state index contributed by atoms with van der Waals surface area (Å²) < 4.78 is 50.2. The van der Waals surface area contributed by atoms with E-state index in [-0.39, 0.29) is 20.0 Å². The summed E-state index contributed by atoms with van der Waals surface area (Å²) in [7, 11) is 0. The van der Waals surface area contributed by atoms with Gasteiger partial charge < -0.3 is 0 Å². The van der Waals surface area contributed by atoms with E-state index in [2.05, 4.69) is 239 Å². The molecule has 1 aliphatic heterocycles. The van der Waals surface area contributed by atoms with Gasteiger partial charge in [-0.1, -0.05) is 93.6 Å². The molecule has 3 nitrogen and oxygen atoms in total. The molecule has 0 saturated heterocycles. The molecule has 482 valence electrons. The van der Waals surface area contributed by atoms with E-state index in [1.165, 1.54) is 140 Å². The summed E-state index contributed by atoms with van der Waals surface area (Å²) >= 11 is 15.9. The molecule has 2 unspecified atom stereocenters. The molecular formula is C75H102Br4F2N2OS3Sn. The predicted octanol–water partition coefficient (Wildman–Crippen LogP) is 27.7. The van der Waals surface area contributed by atoms with Crippen molar-refractivity contribution in [2.24, 2.45) is 23.7 Å². The monoisotopic (exact) mass is 1620 g/mol. The topological polar surface area (TPSA) is 35.0 Å². The van der Waals surface area contributed by atoms with Crippen LogP contribution in [0.25, 0.3) is 31.9 Å². The van der Waals surface area contributed by atoms with E-state index in [4.69, 9.17) is 4.74 Å². The Hall–Kier alpha value is -1.78. The van der Waals surface area contributed by atoms with Crippen LogP contribution in [0.15, 0.2) is 116 Å². The van der Waals surface area contributed by atoms with Gasteiger partial charge in [-0.05, 0) is 117 Å². The van der Waals surface area contributed by atoms with Gasteiger partial charge in [0.2, 0.25) is 0 Å². The SMILES string of the molecule is C=C/C=C/CCCC1(CCC/C=C/C=C)c2cc(Br)ccc2-c2ccc(Br)cc21.CCC[CH2][Sn]([CH2]CCC)([CH2]CCC)[c]1cc2c(s1)-c1sc(C)cc1OC2(CCC(C)CCCC(C)C)CCC(C)CCCC(C)C.Fc1c(F)c(Br)c2nsnc2c1Br. The Morgan fingerprint density at radius 3 is 1.47 bits per heavy atom. The van der Waals surface area contributed by atoms with E-state index in [1.54, 1.807) is 23.8 Å². The van der Waals surface area contributed by atoms with Gasteiger partial charge in [-0.15, -0.1) is 0 Å². The Balaban J connectivity index is 0.000000246. The Labute approximate surface area is 581 Å². The number of fused-ring (bicyclic) bond motifs is 7. The number of allylic oxidation sites excluding steroid dienone is 6. The van der Waals surface area contributed by atoms with Crippen molar-refractivity contribution in [2.45, 2.75) is 235 Å². The number of thiophene rings is 2. The number of ether oxygens (including phenoxy) is 1. The van der Waals surface area contributed by atoms with Gasteiger partial charge in [-0.25, -0.2) is 8.78 Å². The smallest absolute Gasteiger partial charge is 0.202 e. The number of rotatable bonds is 34. The van der Waals surface area contributed by atoms with Crippen LogP contribution in [-0.4, -0.2) is 27.1 Å². The number of aromatic nitrogens is 2. The van der Waals surface area contributed by atoms with Crippen molar-refractivity contribution in [1.82, 2.24) is 8.75 Å². The second-order valence-electron chi connectivity index (χ2n) is 26.3. The summed E-state index contributed by atoms with van der Waals surface area (Å²) in [6.07, 6.45) is 40.4. The molecule has 3 aromatic heterocycles. The normalized spacial score (nSPS) is 15.6. The number of benzene rings is 3. The minimum Gasteiger partial charge on any atom is -0.202 e. The van der Waals surface area contributed by atoms with Crippen LogP contribution in [-0.2, 0) is 11.0 Å². The van der Waals surface area contributed by atoms with E-state index >= 15 is 0 Å². The summed E-state index contributed by atoms with van der Waals surface area (Å²) in [6.45, 7) is 31.7. The Bertz CT molecular complexity index is 3050. The number of unbranched alkanes of at least 4 members (excludes halogenated alkanes) is 5. The van der Waals surface area contributed by atoms with E-state index < -0.39 is 30.0 Å². The van der Waals surface area contributed by atoms with Crippen molar-refractivity contribution in [1.29, 1.82) is 0 Å². The molecule has 4 heterocycles. The molecule has 0 bridgehead atoms. The zero-order valence-corrected chi connectivity index (χ0v) is 66.4. The molecule has 0 spiro atoms. The number of halogens is 6. The summed E-state index contributed by atoms with van der Waals surface area (Å²) in [5, 5.41) is 0. The van der Waals surface area contributed by atoms with Crippen molar-refractivity contribution in [2.75, 3.05) is 0 Å². The second-order valence-corrected chi connectivity index (χ2v) is 46.7. The quantitative estimate of drug-likeness (QED) is 0.0133. The van der Waals surface area contributed by atoms with Crippen LogP contribution in [0.3, 0.4) is 0 Å². The van der Waals surface area contributed by atoms with Crippen molar-refractivity contribution in [3.63, 3.8) is 0 Å². The van der Waals surface area contributed by atoms with E-state index in [9.17, 15) is 8.78 Å². The molecule has 2 aliphatic rings. The molecule has 0 fully saturated rings. The van der Waals surface area contributed by atoms with Gasteiger partial charge in [0.15, 0.2) is 11.6 Å². The Morgan fingerprint density at radius 2 is 1.03 bits per heavy atom. The number of hydrogen-bond donors (Lipinski definition) is 0. The van der Waals surface area contributed by atoms with Crippen LogP contribution in [0.2, 0.25) is 13.3 Å². The molecule has 8 rings (SSSR count). The average Bonchev–Trinajstić information content (AvgIpc) is 2.43. The van der Waals surface area contributed by atoms with Crippen LogP contribution < -0.4 is 7.63 Å². The molecule has 3 aromatic carbocycles. The number of hydrogen-bond acceptors (Lipinski definition) is 6. The minimum absolute atomic E-state index is 0.0111. The van der Waals surface area contributed by atoms with Gasteiger partial charge in [0.05, 0.1) is 20.7 Å². The zero-order valence-electron chi connectivity index (χ0n) is 54.8. The van der Waals surface area contributed by atoms with Crippen LogP contribution in [0, 0.1) is 42.2 Å². The summed E-state index contributed by atoms with van der Waals surface area (Å²) in [4.78, 5) is 4.49. The van der Waals surface area contributed by atoms with E-state index in [0.717, 1.165) is 82.9 Å². The molecular weight excluding hydrogens is 1520 g/mol. The standard InChI is InChI=1S/C30H47OS2.C27H28Br2.C6Br2F2N2S.3C4H9.Sn/c1-21(2)10-8-12-23(5)14-17-30(18-15-24(6)13-9-11-22(3)4)26-16-19-32-28(26)29-27(31-30)20-25(7)33-29;1-3-5-7-9-11-17-27(18-12-10-8-6-4-2)25-19-21(28)13-15-23(25)24-16-14-22(29)20-26(24)27;7-1-3(9)4(10)2(8)6-5(1)11-13-12-6;3*1-3-4-2;/h16,20-24H,8-15,17-18H2,1-7H3;3-8,13-16,19-20H,1-2,9-12,17-18H2;;3*1,3-4H2,2H3;/b;7-5+,8-6+;;;;;. The zero-order chi connectivity index (χ0) is 64.0. The van der Waals surface area contributed by atoms with Gasteiger partial charge in [0, 0.05) is 14.4 Å². The molecule has 1 aliphatic carbocycles. The maximum absolute atomic E-state index is 13.1. The average molecular weight is 1620 g/mol. The minimum atomic E-state index is -2.59. The summed E-state index contributed by atoms with van der Waals surface area (Å²) in [5.41, 5.74) is 7.89. The number of nitrogens with zero attached hydrogens (tertiary/aromatic N) is 2. The van der Waals surface area contributed by atoms with E-state index in [1.807, 2.05) is 26.4 Å². The van der Waals surface area contributed by atoms with Gasteiger partial charge in [0.1, 0.15) is 11.0 Å². The molecule has 88 heavy (non-hydrogen) atoms. The first-order valence-corrected chi connectivity index (χ1v) is 46.3. The van der Waals surface area contributed by atoms with Crippen LogP contribution in [0.4, 0.5) is 8.78 Å². The summed E-state index contributed by atoms with van der Waals surface area (Å²) in [5.74, 6) is 2.44. The predicted molar refractivity (Wildman–Crippen MR) is 401 cm³/mol. The van der Waals surface area contributed by atoms with Crippen LogP contribution in [0.1, 0.15) is 225 Å². The van der Waals surface area contributed by atoms with Crippen molar-refractivity contribution < 1.29 is 13.5 Å². The first-order valence-electron chi connectivity index (χ1n) is 33.3. The fourth-order valence-electron chi connectivity index (χ4n) is 13.3. The van der Waals surface area contributed by atoms with Gasteiger partial charge in [0.25, 0.3) is 0 Å². The molecule has 0 radical (unpaired) electrons. The Morgan fingerprint density at radius 1 is 0.568 bits per heavy atom. The van der Waals surface area contributed by atoms with E-state index in [0.29, 0.717) is 11.0 Å². The van der Waals surface area contributed by atoms with Crippen LogP contribution >= 0.6 is 98.1 Å². The fourth-order valence-corrected chi connectivity index (χ4v) is 37.2. The third kappa shape index (κ3) is 20.1. The number of aryl methyl sites for hydroxylation is 1. The third-order valence-electron chi connectivity index (χ3n) is 18.4. The molecule has 2 atom stereocenters. The molecule has 0 amide bonds. The van der Waals surface area contributed by atoms with Crippen molar-refractivity contribution >= 4 is 130 Å². The first-order chi connectivity index (χ1) is 42.2. The molecule has 0 saturated carbocycles. The van der Waals surface area contributed by atoms with Crippen molar-refractivity contribution in [3.8, 4) is 26.6 Å². The molecule has 6 aromatic rings. The second kappa shape index (κ2) is 37.3. The maximum atomic E-state index is 13.1. The first kappa shape index (κ1) is 75.2. The molecule has 0 N–H and O–H groups in total. The fraction of sp³-hybridized carbons (Fsp3) is 0.547. The van der Waals surface area contributed by atoms with Gasteiger partial charge in [-0.3, -0.25) is 0 Å². The van der Waals surface area contributed by atoms with Crippen molar-refractivity contribution in [3.05, 3.63) is 149 Å². The molecule has 13 heteroatoms. The Kier molecular flexibility index (Phi) is 31.9. The van der Waals surface area contributed by atoms with Gasteiger partial charge >= 0.3 is 301 Å². The van der Waals surface area contributed by atoms with Gasteiger partial charge in [-0.2, -0.15) is 8.75 Å². The van der Waals surface area contributed by atoms with Crippen LogP contribution in [0.5, 0.6) is 5.75 Å².